The fourth-order valence-corrected chi connectivity index (χ4v) is 1.21. The maximum Gasteiger partial charge on any atom is 0.244 e. The third kappa shape index (κ3) is 2.39. The van der Waals surface area contributed by atoms with E-state index in [1.54, 1.807) is 18.4 Å². The van der Waals surface area contributed by atoms with E-state index in [0.29, 0.717) is 12.3 Å². The fourth-order valence-electron chi connectivity index (χ4n) is 1.21. The van der Waals surface area contributed by atoms with Crippen LogP contribution in [0.15, 0.2) is 27.9 Å². The summed E-state index contributed by atoms with van der Waals surface area (Å²) in [7, 11) is 0. The van der Waals surface area contributed by atoms with E-state index in [1.807, 2.05) is 6.07 Å². The molecule has 6 heteroatoms. The van der Waals surface area contributed by atoms with Crippen LogP contribution in [0.4, 0.5) is 0 Å². The first-order valence-electron chi connectivity index (χ1n) is 4.80. The second-order valence-corrected chi connectivity index (χ2v) is 3.30. The zero-order valence-corrected chi connectivity index (χ0v) is 8.46. The van der Waals surface area contributed by atoms with E-state index in [0.717, 1.165) is 0 Å². The number of nitriles is 1. The molecule has 2 rings (SSSR count). The summed E-state index contributed by atoms with van der Waals surface area (Å²) >= 11 is 0. The molecule has 1 atom stereocenters. The van der Waals surface area contributed by atoms with Gasteiger partial charge >= 0.3 is 0 Å². The third-order valence-corrected chi connectivity index (χ3v) is 2.14. The van der Waals surface area contributed by atoms with Crippen LogP contribution in [0.2, 0.25) is 0 Å². The lowest BCUT2D eigenvalue weighted by Gasteiger charge is -2.00. The molecule has 16 heavy (non-hydrogen) atoms. The fraction of sp³-hybridized carbons (Fsp3) is 0.300. The number of furan rings is 1. The highest BCUT2D eigenvalue weighted by Crippen LogP contribution is 2.15. The van der Waals surface area contributed by atoms with Crippen molar-refractivity contribution < 1.29 is 9.21 Å². The highest BCUT2D eigenvalue weighted by molar-refractivity contribution is 5.82. The minimum absolute atomic E-state index is 0.0926. The molecule has 1 amide bonds. The Bertz CT molecular complexity index is 432. The van der Waals surface area contributed by atoms with Gasteiger partial charge in [-0.3, -0.25) is 4.79 Å². The Labute approximate surface area is 92.1 Å². The molecule has 0 aromatic carbocycles. The van der Waals surface area contributed by atoms with Gasteiger partial charge in [0, 0.05) is 0 Å². The SMILES string of the molecule is N#CC1CN1C(=O)CNN=Cc1ccco1. The van der Waals surface area contributed by atoms with Gasteiger partial charge in [-0.25, -0.2) is 0 Å². The lowest BCUT2D eigenvalue weighted by molar-refractivity contribution is -0.125. The van der Waals surface area contributed by atoms with Gasteiger partial charge in [-0.2, -0.15) is 10.4 Å². The summed E-state index contributed by atoms with van der Waals surface area (Å²) < 4.78 is 5.01. The van der Waals surface area contributed by atoms with Gasteiger partial charge in [0.2, 0.25) is 5.91 Å². The second-order valence-electron chi connectivity index (χ2n) is 3.30. The minimum Gasteiger partial charge on any atom is -0.463 e. The average molecular weight is 218 g/mol. The van der Waals surface area contributed by atoms with Crippen molar-refractivity contribution >= 4 is 12.1 Å². The third-order valence-electron chi connectivity index (χ3n) is 2.14. The molecular formula is C10H10N4O2. The lowest BCUT2D eigenvalue weighted by atomic mass is 10.5. The largest absolute Gasteiger partial charge is 0.463 e. The Morgan fingerprint density at radius 1 is 1.88 bits per heavy atom. The summed E-state index contributed by atoms with van der Waals surface area (Å²) in [6, 6.07) is 5.26. The number of hydrogen-bond acceptors (Lipinski definition) is 5. The summed E-state index contributed by atoms with van der Waals surface area (Å²) in [5, 5.41) is 12.3. The lowest BCUT2D eigenvalue weighted by Crippen LogP contribution is -2.25. The van der Waals surface area contributed by atoms with E-state index in [-0.39, 0.29) is 18.5 Å². The molecule has 0 saturated carbocycles. The van der Waals surface area contributed by atoms with Crippen molar-refractivity contribution in [3.8, 4) is 6.07 Å². The van der Waals surface area contributed by atoms with E-state index in [9.17, 15) is 4.79 Å². The summed E-state index contributed by atoms with van der Waals surface area (Å²) in [4.78, 5) is 12.8. The summed E-state index contributed by atoms with van der Waals surface area (Å²) in [6.45, 7) is 0.619. The number of hydrogen-bond donors (Lipinski definition) is 1. The molecule has 1 N–H and O–H groups in total. The number of carbonyl (C=O) groups is 1. The molecule has 0 bridgehead atoms. The smallest absolute Gasteiger partial charge is 0.244 e. The average Bonchev–Trinajstić information content (AvgIpc) is 2.92. The van der Waals surface area contributed by atoms with Crippen LogP contribution in [0, 0.1) is 11.3 Å². The molecular weight excluding hydrogens is 208 g/mol. The first-order chi connectivity index (χ1) is 7.81. The quantitative estimate of drug-likeness (QED) is 0.436. The van der Waals surface area contributed by atoms with E-state index < -0.39 is 0 Å². The Hall–Kier alpha value is -2.29. The van der Waals surface area contributed by atoms with Crippen molar-refractivity contribution in [2.24, 2.45) is 5.10 Å². The van der Waals surface area contributed by atoms with Crippen LogP contribution >= 0.6 is 0 Å². The summed E-state index contributed by atoms with van der Waals surface area (Å²) in [6.07, 6.45) is 3.03. The van der Waals surface area contributed by atoms with Gasteiger partial charge in [-0.15, -0.1) is 0 Å². The highest BCUT2D eigenvalue weighted by atomic mass is 16.3. The van der Waals surface area contributed by atoms with Crippen molar-refractivity contribution in [2.45, 2.75) is 6.04 Å². The van der Waals surface area contributed by atoms with Crippen LogP contribution in [-0.2, 0) is 4.79 Å². The Morgan fingerprint density at radius 2 is 2.75 bits per heavy atom. The predicted molar refractivity (Wildman–Crippen MR) is 55.4 cm³/mol. The number of nitrogens with zero attached hydrogens (tertiary/aromatic N) is 3. The zero-order valence-electron chi connectivity index (χ0n) is 8.46. The van der Waals surface area contributed by atoms with Gasteiger partial charge in [-0.05, 0) is 12.1 Å². The summed E-state index contributed by atoms with van der Waals surface area (Å²) in [5.41, 5.74) is 2.60. The molecule has 6 nitrogen and oxygen atoms in total. The number of carbonyl (C=O) groups excluding carboxylic acids is 1. The van der Waals surface area contributed by atoms with Crippen LogP contribution in [-0.4, -0.2) is 36.2 Å². The van der Waals surface area contributed by atoms with Crippen LogP contribution in [0.1, 0.15) is 5.76 Å². The molecule has 1 aromatic rings. The van der Waals surface area contributed by atoms with Crippen molar-refractivity contribution in [3.63, 3.8) is 0 Å². The molecule has 0 spiro atoms. The Balaban J connectivity index is 1.69. The van der Waals surface area contributed by atoms with Gasteiger partial charge in [0.25, 0.3) is 0 Å². The zero-order chi connectivity index (χ0) is 11.4. The molecule has 1 aliphatic rings. The van der Waals surface area contributed by atoms with Gasteiger partial charge in [0.15, 0.2) is 0 Å². The molecule has 1 aliphatic heterocycles. The van der Waals surface area contributed by atoms with Crippen LogP contribution in [0.5, 0.6) is 0 Å². The number of amides is 1. The molecule has 82 valence electrons. The van der Waals surface area contributed by atoms with Crippen LogP contribution in [0.25, 0.3) is 0 Å². The minimum atomic E-state index is -0.247. The van der Waals surface area contributed by atoms with Gasteiger partial charge in [0.1, 0.15) is 18.3 Å². The van der Waals surface area contributed by atoms with Crippen LogP contribution in [0.3, 0.4) is 0 Å². The number of nitrogens with one attached hydrogen (secondary N) is 1. The predicted octanol–water partition coefficient (Wildman–Crippen LogP) is -0.0625. The monoisotopic (exact) mass is 218 g/mol. The van der Waals surface area contributed by atoms with Gasteiger partial charge in [-0.1, -0.05) is 0 Å². The standard InChI is InChI=1S/C10H10N4O2/c11-4-8-7-14(8)10(15)6-13-12-5-9-2-1-3-16-9/h1-3,5,8,13H,6-7H2. The Morgan fingerprint density at radius 3 is 3.38 bits per heavy atom. The molecule has 1 aromatic heterocycles. The van der Waals surface area contributed by atoms with Gasteiger partial charge < -0.3 is 14.7 Å². The van der Waals surface area contributed by atoms with E-state index in [2.05, 4.69) is 10.5 Å². The number of hydrazone groups is 1. The molecule has 1 fully saturated rings. The normalized spacial score (nSPS) is 18.4. The highest BCUT2D eigenvalue weighted by Gasteiger charge is 2.37. The van der Waals surface area contributed by atoms with Crippen LogP contribution < -0.4 is 5.43 Å². The first-order valence-corrected chi connectivity index (χ1v) is 4.80. The maximum absolute atomic E-state index is 11.4. The van der Waals surface area contributed by atoms with Gasteiger partial charge in [0.05, 0.1) is 25.1 Å². The van der Waals surface area contributed by atoms with Crippen molar-refractivity contribution in [2.75, 3.05) is 13.1 Å². The number of rotatable bonds is 4. The Kier molecular flexibility index (Phi) is 2.87. The second kappa shape index (κ2) is 4.49. The van der Waals surface area contributed by atoms with E-state index in [4.69, 9.17) is 9.68 Å². The molecule has 2 heterocycles. The van der Waals surface area contributed by atoms with Crippen molar-refractivity contribution in [1.29, 1.82) is 5.26 Å². The van der Waals surface area contributed by atoms with Crippen molar-refractivity contribution in [3.05, 3.63) is 24.2 Å². The molecule has 0 aliphatic carbocycles. The molecule has 1 saturated heterocycles. The summed E-state index contributed by atoms with van der Waals surface area (Å²) in [5.74, 6) is 0.490. The molecule has 0 radical (unpaired) electrons. The molecule has 1 unspecified atom stereocenters. The maximum atomic E-state index is 11.4. The topological polar surface area (TPSA) is 81.4 Å². The first kappa shape index (κ1) is 10.2. The van der Waals surface area contributed by atoms with E-state index >= 15 is 0 Å². The van der Waals surface area contributed by atoms with E-state index in [1.165, 1.54) is 11.1 Å². The van der Waals surface area contributed by atoms with Crippen molar-refractivity contribution in [1.82, 2.24) is 10.3 Å².